The van der Waals surface area contributed by atoms with Crippen LogP contribution >= 0.6 is 24.0 Å². The molecule has 0 spiro atoms. The van der Waals surface area contributed by atoms with Gasteiger partial charge in [-0.15, -0.1) is 22.6 Å². The largest absolute Gasteiger partial charge is 0.340 e. The van der Waals surface area contributed by atoms with Crippen molar-refractivity contribution in [3.8, 4) is 5.69 Å². The zero-order chi connectivity index (χ0) is 18.4. The molecule has 148 valence electrons. The molecule has 5 rings (SSSR count). The molecule has 1 aromatic carbocycles. The summed E-state index contributed by atoms with van der Waals surface area (Å²) in [6.07, 6.45) is 4.18. The van der Waals surface area contributed by atoms with E-state index in [1.165, 1.54) is 5.56 Å². The van der Waals surface area contributed by atoms with Crippen LogP contribution in [0.4, 0.5) is 0 Å². The molecule has 1 aliphatic carbocycles. The van der Waals surface area contributed by atoms with Crippen molar-refractivity contribution in [2.45, 2.75) is 57.5 Å². The van der Waals surface area contributed by atoms with Gasteiger partial charge in [0.05, 0.1) is 12.2 Å². The number of hydrogen-bond acceptors (Lipinski definition) is 6. The Morgan fingerprint density at radius 2 is 1.89 bits per heavy atom. The first-order chi connectivity index (χ1) is 13.2. The summed E-state index contributed by atoms with van der Waals surface area (Å²) in [5.41, 5.74) is 2.31. The summed E-state index contributed by atoms with van der Waals surface area (Å²) in [7, 11) is 0. The molecule has 9 heteroatoms. The van der Waals surface area contributed by atoms with Crippen molar-refractivity contribution in [3.05, 3.63) is 52.1 Å². The third-order valence-electron chi connectivity index (χ3n) is 5.64. The van der Waals surface area contributed by atoms with Crippen LogP contribution in [0.25, 0.3) is 5.69 Å². The van der Waals surface area contributed by atoms with Gasteiger partial charge in [-0.3, -0.25) is 4.57 Å². The molecule has 0 radical (unpaired) electrons. The number of fused-ring (bicyclic) bond motifs is 3. The van der Waals surface area contributed by atoms with Crippen LogP contribution in [0.5, 0.6) is 0 Å². The molecule has 1 N–H and O–H groups in total. The molecule has 0 saturated heterocycles. The SMILES string of the molecule is Cc1nc([C@H]2CC[C@H](c3nnc4n3-c3ccc(Cl)cc3CNC4)CC2)no1.Cl. The van der Waals surface area contributed by atoms with Crippen molar-refractivity contribution >= 4 is 24.0 Å². The molecule has 0 bridgehead atoms. The first-order valence-electron chi connectivity index (χ1n) is 9.43. The first-order valence-corrected chi connectivity index (χ1v) is 9.81. The van der Waals surface area contributed by atoms with Gasteiger partial charge in [-0.1, -0.05) is 16.8 Å². The highest BCUT2D eigenvalue weighted by Crippen LogP contribution is 2.40. The van der Waals surface area contributed by atoms with Gasteiger partial charge in [0.15, 0.2) is 11.6 Å². The minimum Gasteiger partial charge on any atom is -0.340 e. The number of nitrogens with one attached hydrogen (secondary N) is 1. The molecule has 0 amide bonds. The fourth-order valence-electron chi connectivity index (χ4n) is 4.29. The standard InChI is InChI=1S/C19H21ClN6O.ClH/c1-11-22-18(25-27-11)12-2-4-13(5-3-12)19-24-23-17-10-21-9-14-8-15(20)6-7-16(14)26(17)19;/h6-8,12-13,21H,2-5,9-10H2,1H3;1H/t12-,13-;. The minimum absolute atomic E-state index is 0. The molecule has 0 unspecified atom stereocenters. The van der Waals surface area contributed by atoms with Crippen LogP contribution in [0, 0.1) is 6.92 Å². The Labute approximate surface area is 174 Å². The van der Waals surface area contributed by atoms with Crippen molar-refractivity contribution in [3.63, 3.8) is 0 Å². The highest BCUT2D eigenvalue weighted by Gasteiger charge is 2.31. The smallest absolute Gasteiger partial charge is 0.223 e. The normalized spacial score (nSPS) is 21.4. The Hall–Kier alpha value is -1.96. The van der Waals surface area contributed by atoms with E-state index in [0.717, 1.165) is 60.4 Å². The van der Waals surface area contributed by atoms with E-state index < -0.39 is 0 Å². The molecule has 1 fully saturated rings. The van der Waals surface area contributed by atoms with Crippen LogP contribution in [-0.4, -0.2) is 24.9 Å². The lowest BCUT2D eigenvalue weighted by molar-refractivity contribution is 0.347. The molecular weight excluding hydrogens is 399 g/mol. The third-order valence-corrected chi connectivity index (χ3v) is 5.87. The lowest BCUT2D eigenvalue weighted by Crippen LogP contribution is -2.17. The van der Waals surface area contributed by atoms with Gasteiger partial charge >= 0.3 is 0 Å². The van der Waals surface area contributed by atoms with Gasteiger partial charge in [-0.25, -0.2) is 0 Å². The number of hydrogen-bond donors (Lipinski definition) is 1. The Balaban J connectivity index is 0.00000192. The Kier molecular flexibility index (Phi) is 5.40. The predicted octanol–water partition coefficient (Wildman–Crippen LogP) is 4.08. The second-order valence-electron chi connectivity index (χ2n) is 7.41. The molecule has 3 aromatic rings. The molecule has 2 aromatic heterocycles. The maximum Gasteiger partial charge on any atom is 0.223 e. The second kappa shape index (κ2) is 7.81. The summed E-state index contributed by atoms with van der Waals surface area (Å²) in [6, 6.07) is 6.04. The van der Waals surface area contributed by atoms with E-state index in [0.29, 0.717) is 24.3 Å². The number of benzene rings is 1. The summed E-state index contributed by atoms with van der Waals surface area (Å²) in [4.78, 5) is 4.41. The molecule has 1 saturated carbocycles. The van der Waals surface area contributed by atoms with Crippen LogP contribution in [-0.2, 0) is 13.1 Å². The van der Waals surface area contributed by atoms with Crippen molar-refractivity contribution < 1.29 is 4.52 Å². The molecule has 1 aliphatic heterocycles. The fourth-order valence-corrected chi connectivity index (χ4v) is 4.48. The summed E-state index contributed by atoms with van der Waals surface area (Å²) >= 11 is 6.21. The number of rotatable bonds is 2. The van der Waals surface area contributed by atoms with Crippen molar-refractivity contribution in [2.24, 2.45) is 0 Å². The van der Waals surface area contributed by atoms with E-state index in [1.54, 1.807) is 0 Å². The highest BCUT2D eigenvalue weighted by molar-refractivity contribution is 6.30. The molecule has 0 atom stereocenters. The van der Waals surface area contributed by atoms with Crippen LogP contribution in [0.15, 0.2) is 22.7 Å². The lowest BCUT2D eigenvalue weighted by atomic mass is 9.81. The van der Waals surface area contributed by atoms with Crippen LogP contribution in [0.3, 0.4) is 0 Å². The van der Waals surface area contributed by atoms with E-state index in [-0.39, 0.29) is 12.4 Å². The first kappa shape index (κ1) is 19.4. The highest BCUT2D eigenvalue weighted by atomic mass is 35.5. The van der Waals surface area contributed by atoms with Crippen LogP contribution in [0.2, 0.25) is 5.02 Å². The van der Waals surface area contributed by atoms with Crippen molar-refractivity contribution in [2.75, 3.05) is 0 Å². The number of aryl methyl sites for hydroxylation is 1. The third kappa shape index (κ3) is 3.43. The molecule has 7 nitrogen and oxygen atoms in total. The Bertz CT molecular complexity index is 977. The summed E-state index contributed by atoms with van der Waals surface area (Å²) in [5.74, 6) is 4.25. The van der Waals surface area contributed by atoms with Gasteiger partial charge in [0.1, 0.15) is 5.82 Å². The molecule has 28 heavy (non-hydrogen) atoms. The Morgan fingerprint density at radius 1 is 1.11 bits per heavy atom. The second-order valence-corrected chi connectivity index (χ2v) is 7.84. The number of aromatic nitrogens is 5. The lowest BCUT2D eigenvalue weighted by Gasteiger charge is -2.26. The fraction of sp³-hybridized carbons (Fsp3) is 0.474. The monoisotopic (exact) mass is 420 g/mol. The van der Waals surface area contributed by atoms with E-state index in [2.05, 4.69) is 36.3 Å². The van der Waals surface area contributed by atoms with Crippen molar-refractivity contribution in [1.29, 1.82) is 0 Å². The van der Waals surface area contributed by atoms with Gasteiger partial charge in [-0.2, -0.15) is 4.98 Å². The van der Waals surface area contributed by atoms with Crippen LogP contribution in [0.1, 0.15) is 66.4 Å². The van der Waals surface area contributed by atoms with E-state index in [9.17, 15) is 0 Å². The quantitative estimate of drug-likeness (QED) is 0.672. The van der Waals surface area contributed by atoms with Gasteiger partial charge in [0.25, 0.3) is 0 Å². The maximum atomic E-state index is 6.21. The van der Waals surface area contributed by atoms with Crippen LogP contribution < -0.4 is 5.32 Å². The van der Waals surface area contributed by atoms with Gasteiger partial charge in [0.2, 0.25) is 5.89 Å². The molecule has 3 heterocycles. The summed E-state index contributed by atoms with van der Waals surface area (Å²) in [6.45, 7) is 3.32. The average molecular weight is 421 g/mol. The average Bonchev–Trinajstić information content (AvgIpc) is 3.25. The summed E-state index contributed by atoms with van der Waals surface area (Å²) in [5, 5.41) is 17.3. The Morgan fingerprint density at radius 3 is 2.64 bits per heavy atom. The zero-order valence-corrected chi connectivity index (χ0v) is 17.1. The minimum atomic E-state index is 0. The molecular formula is C19H22Cl2N6O. The van der Waals surface area contributed by atoms with Gasteiger partial charge in [0, 0.05) is 30.3 Å². The van der Waals surface area contributed by atoms with E-state index in [1.807, 2.05) is 19.1 Å². The maximum absolute atomic E-state index is 6.21. The predicted molar refractivity (Wildman–Crippen MR) is 107 cm³/mol. The number of halogens is 2. The van der Waals surface area contributed by atoms with E-state index in [4.69, 9.17) is 16.1 Å². The topological polar surface area (TPSA) is 81.7 Å². The summed E-state index contributed by atoms with van der Waals surface area (Å²) < 4.78 is 7.38. The molecule has 2 aliphatic rings. The zero-order valence-electron chi connectivity index (χ0n) is 15.6. The van der Waals surface area contributed by atoms with Gasteiger partial charge < -0.3 is 9.84 Å². The van der Waals surface area contributed by atoms with Gasteiger partial charge in [-0.05, 0) is 49.4 Å². The van der Waals surface area contributed by atoms with Crippen molar-refractivity contribution in [1.82, 2.24) is 30.2 Å². The van der Waals surface area contributed by atoms with E-state index >= 15 is 0 Å². The number of nitrogens with zero attached hydrogens (tertiary/aromatic N) is 5.